The van der Waals surface area contributed by atoms with Crippen molar-refractivity contribution >= 4 is 17.7 Å². The fourth-order valence-electron chi connectivity index (χ4n) is 2.91. The molecule has 1 N–H and O–H groups in total. The zero-order chi connectivity index (χ0) is 15.1. The first kappa shape index (κ1) is 17.8. The minimum absolute atomic E-state index is 0.0513. The van der Waals surface area contributed by atoms with E-state index < -0.39 is 0 Å². The average Bonchev–Trinajstić information content (AvgIpc) is 2.69. The molecule has 0 aromatic carbocycles. The molecule has 1 aliphatic rings. The van der Waals surface area contributed by atoms with E-state index in [9.17, 15) is 4.79 Å². The van der Waals surface area contributed by atoms with Crippen LogP contribution in [0.25, 0.3) is 0 Å². The van der Waals surface area contributed by atoms with Crippen LogP contribution >= 0.6 is 11.8 Å². The van der Waals surface area contributed by atoms with E-state index in [-0.39, 0.29) is 12.2 Å². The summed E-state index contributed by atoms with van der Waals surface area (Å²) in [5.74, 6) is 2.07. The van der Waals surface area contributed by atoms with Gasteiger partial charge in [0.15, 0.2) is 0 Å². The van der Waals surface area contributed by atoms with Crippen LogP contribution in [0.2, 0.25) is 0 Å². The number of hydrogen-bond acceptors (Lipinski definition) is 3. The summed E-state index contributed by atoms with van der Waals surface area (Å²) in [7, 11) is 0. The Morgan fingerprint density at radius 2 is 2.05 bits per heavy atom. The summed E-state index contributed by atoms with van der Waals surface area (Å²) in [4.78, 5) is 14.8. The molecule has 1 saturated heterocycles. The Morgan fingerprint density at radius 1 is 1.35 bits per heavy atom. The minimum Gasteiger partial charge on any atom is -0.323 e. The van der Waals surface area contributed by atoms with Crippen molar-refractivity contribution in [2.75, 3.05) is 12.0 Å². The molecule has 0 saturated carbocycles. The number of thioether (sulfide) groups is 1. The summed E-state index contributed by atoms with van der Waals surface area (Å²) < 4.78 is 0. The molecule has 1 heterocycles. The van der Waals surface area contributed by atoms with E-state index in [4.69, 9.17) is 0 Å². The highest BCUT2D eigenvalue weighted by atomic mass is 32.2. The fourth-order valence-corrected chi connectivity index (χ4v) is 3.49. The lowest BCUT2D eigenvalue weighted by Crippen LogP contribution is -2.44. The Kier molecular flexibility index (Phi) is 7.96. The maximum atomic E-state index is 12.7. The van der Waals surface area contributed by atoms with Crippen molar-refractivity contribution in [1.29, 1.82) is 0 Å². The van der Waals surface area contributed by atoms with Crippen LogP contribution in [0.4, 0.5) is 0 Å². The average molecular weight is 301 g/mol. The predicted molar refractivity (Wildman–Crippen MR) is 89.0 cm³/mol. The molecular formula is C16H32N2OS. The Labute approximate surface area is 129 Å². The number of hydrogen-bond donors (Lipinski definition) is 1. The van der Waals surface area contributed by atoms with Crippen molar-refractivity contribution in [3.8, 4) is 0 Å². The van der Waals surface area contributed by atoms with Crippen LogP contribution in [-0.2, 0) is 4.79 Å². The number of unbranched alkanes of at least 4 members (excludes halogenated alkanes) is 1. The lowest BCUT2D eigenvalue weighted by Gasteiger charge is -2.31. The predicted octanol–water partition coefficient (Wildman–Crippen LogP) is 3.49. The zero-order valence-electron chi connectivity index (χ0n) is 13.8. The van der Waals surface area contributed by atoms with Gasteiger partial charge in [-0.05, 0) is 44.1 Å². The van der Waals surface area contributed by atoms with Gasteiger partial charge in [-0.3, -0.25) is 10.1 Å². The molecule has 4 heteroatoms. The molecule has 3 nitrogen and oxygen atoms in total. The molecule has 0 aromatic heterocycles. The van der Waals surface area contributed by atoms with Crippen LogP contribution in [0.1, 0.15) is 59.8 Å². The summed E-state index contributed by atoms with van der Waals surface area (Å²) in [5.41, 5.74) is 0. The highest BCUT2D eigenvalue weighted by molar-refractivity contribution is 7.98. The molecule has 0 spiro atoms. The fraction of sp³-hybridized carbons (Fsp3) is 0.938. The molecule has 0 radical (unpaired) electrons. The largest absolute Gasteiger partial charge is 0.323 e. The van der Waals surface area contributed by atoms with Crippen molar-refractivity contribution < 1.29 is 4.79 Å². The number of amides is 1. The Morgan fingerprint density at radius 3 is 2.60 bits per heavy atom. The van der Waals surface area contributed by atoms with E-state index in [2.05, 4.69) is 44.2 Å². The first-order chi connectivity index (χ1) is 9.51. The Balaban J connectivity index is 2.70. The van der Waals surface area contributed by atoms with E-state index in [1.807, 2.05) is 11.8 Å². The summed E-state index contributed by atoms with van der Waals surface area (Å²) in [6, 6.07) is 0.397. The van der Waals surface area contributed by atoms with E-state index in [0.717, 1.165) is 37.9 Å². The van der Waals surface area contributed by atoms with Crippen molar-refractivity contribution in [1.82, 2.24) is 10.2 Å². The smallest absolute Gasteiger partial charge is 0.241 e. The van der Waals surface area contributed by atoms with Crippen molar-refractivity contribution in [2.45, 2.75) is 78.0 Å². The molecule has 0 bridgehead atoms. The molecule has 1 aliphatic heterocycles. The SMILES string of the molecule is CCCCC1NC(CC(C)C)N(C(C)CCSC)C1=O. The zero-order valence-corrected chi connectivity index (χ0v) is 14.6. The van der Waals surface area contributed by atoms with Gasteiger partial charge in [-0.25, -0.2) is 0 Å². The number of rotatable bonds is 9. The van der Waals surface area contributed by atoms with Crippen LogP contribution in [0.5, 0.6) is 0 Å². The van der Waals surface area contributed by atoms with Crippen LogP contribution in [0.3, 0.4) is 0 Å². The molecule has 1 rings (SSSR count). The normalized spacial score (nSPS) is 24.7. The van der Waals surface area contributed by atoms with Gasteiger partial charge in [-0.1, -0.05) is 33.6 Å². The lowest BCUT2D eigenvalue weighted by molar-refractivity contribution is -0.132. The van der Waals surface area contributed by atoms with Gasteiger partial charge in [0.1, 0.15) is 0 Å². The molecule has 0 aliphatic carbocycles. The second-order valence-corrected chi connectivity index (χ2v) is 7.37. The van der Waals surface area contributed by atoms with Crippen molar-refractivity contribution in [3.63, 3.8) is 0 Å². The van der Waals surface area contributed by atoms with Crippen LogP contribution in [0, 0.1) is 5.92 Å². The molecule has 3 unspecified atom stereocenters. The molecule has 0 aromatic rings. The third-order valence-corrected chi connectivity index (χ3v) is 4.68. The van der Waals surface area contributed by atoms with Gasteiger partial charge in [0, 0.05) is 6.04 Å². The second kappa shape index (κ2) is 8.93. The summed E-state index contributed by atoms with van der Waals surface area (Å²) in [6.45, 7) is 8.85. The first-order valence-electron chi connectivity index (χ1n) is 8.08. The molecule has 3 atom stereocenters. The maximum Gasteiger partial charge on any atom is 0.241 e. The first-order valence-corrected chi connectivity index (χ1v) is 9.47. The van der Waals surface area contributed by atoms with Gasteiger partial charge in [-0.15, -0.1) is 0 Å². The van der Waals surface area contributed by atoms with Crippen LogP contribution < -0.4 is 5.32 Å². The number of carbonyl (C=O) groups excluding carboxylic acids is 1. The quantitative estimate of drug-likeness (QED) is 0.707. The van der Waals surface area contributed by atoms with Gasteiger partial charge in [0.2, 0.25) is 5.91 Å². The van der Waals surface area contributed by atoms with E-state index in [1.165, 1.54) is 0 Å². The van der Waals surface area contributed by atoms with Gasteiger partial charge >= 0.3 is 0 Å². The van der Waals surface area contributed by atoms with Crippen molar-refractivity contribution in [3.05, 3.63) is 0 Å². The highest BCUT2D eigenvalue weighted by Crippen LogP contribution is 2.24. The van der Waals surface area contributed by atoms with E-state index in [1.54, 1.807) is 0 Å². The van der Waals surface area contributed by atoms with Gasteiger partial charge in [0.05, 0.1) is 12.2 Å². The number of carbonyl (C=O) groups is 1. The van der Waals surface area contributed by atoms with Crippen LogP contribution in [0.15, 0.2) is 0 Å². The van der Waals surface area contributed by atoms with Gasteiger partial charge < -0.3 is 4.90 Å². The minimum atomic E-state index is 0.0513. The number of nitrogens with zero attached hydrogens (tertiary/aromatic N) is 1. The topological polar surface area (TPSA) is 32.3 Å². The van der Waals surface area contributed by atoms with Crippen LogP contribution in [-0.4, -0.2) is 41.1 Å². The third-order valence-electron chi connectivity index (χ3n) is 4.04. The monoisotopic (exact) mass is 300 g/mol. The summed E-state index contributed by atoms with van der Waals surface area (Å²) >= 11 is 1.86. The lowest BCUT2D eigenvalue weighted by atomic mass is 10.1. The summed E-state index contributed by atoms with van der Waals surface area (Å²) in [6.07, 6.45) is 7.78. The van der Waals surface area contributed by atoms with E-state index >= 15 is 0 Å². The molecule has 118 valence electrons. The molecule has 20 heavy (non-hydrogen) atoms. The van der Waals surface area contributed by atoms with Gasteiger partial charge in [0.25, 0.3) is 0 Å². The molecule has 1 fully saturated rings. The van der Waals surface area contributed by atoms with Gasteiger partial charge in [-0.2, -0.15) is 11.8 Å². The number of nitrogens with one attached hydrogen (secondary N) is 1. The maximum absolute atomic E-state index is 12.7. The highest BCUT2D eigenvalue weighted by Gasteiger charge is 2.40. The standard InChI is InChI=1S/C16H32N2OS/c1-6-7-8-14-16(19)18(13(4)9-10-20-5)15(17-14)11-12(2)3/h12-15,17H,6-11H2,1-5H3. The third kappa shape index (κ3) is 4.96. The van der Waals surface area contributed by atoms with Crippen molar-refractivity contribution in [2.24, 2.45) is 5.92 Å². The molecular weight excluding hydrogens is 268 g/mol. The Hall–Kier alpha value is -0.220. The Bertz CT molecular complexity index is 296. The second-order valence-electron chi connectivity index (χ2n) is 6.38. The molecule has 1 amide bonds. The summed E-state index contributed by atoms with van der Waals surface area (Å²) in [5, 5.41) is 3.58. The van der Waals surface area contributed by atoms with E-state index in [0.29, 0.717) is 17.9 Å².